The Hall–Kier alpha value is -0.900. The number of benzene rings is 2. The minimum Gasteiger partial charge on any atom is -0.657 e. The second kappa shape index (κ2) is 14.3. The van der Waals surface area contributed by atoms with E-state index in [1.54, 1.807) is 10.6 Å². The lowest BCUT2D eigenvalue weighted by Crippen LogP contribution is -2.27. The first-order chi connectivity index (χ1) is 19.4. The third kappa shape index (κ3) is 6.95. The molecule has 6 rings (SSSR count). The molecule has 4 fully saturated rings. The van der Waals surface area contributed by atoms with Crippen molar-refractivity contribution in [2.24, 2.45) is 0 Å². The van der Waals surface area contributed by atoms with E-state index in [0.29, 0.717) is 0 Å². The van der Waals surface area contributed by atoms with Gasteiger partial charge in [0.2, 0.25) is 0 Å². The average Bonchev–Trinajstić information content (AvgIpc) is 3.01. The molecular weight excluding hydrogens is 508 g/mol. The standard InChI is InChI=1S/C36H52NP2/c1-5-17-29(18-6-1)38(30-19-7-2-8-20-30)35-27-15-13-25-33(35)37-34-26-14-16-28-36(34)39(31-21-9-3-10-22-31)32-23-11-4-12-24-32/h13-16,25-32H,1-12,17-24H2/q-1. The van der Waals surface area contributed by atoms with Crippen molar-refractivity contribution >= 4 is 37.8 Å². The lowest BCUT2D eigenvalue weighted by Gasteiger charge is -2.43. The van der Waals surface area contributed by atoms with Crippen LogP contribution in [0.25, 0.3) is 5.32 Å². The highest BCUT2D eigenvalue weighted by molar-refractivity contribution is 7.67. The van der Waals surface area contributed by atoms with Crippen molar-refractivity contribution in [2.75, 3.05) is 0 Å². The molecule has 0 saturated heterocycles. The maximum Gasteiger partial charge on any atom is -0.0167 e. The summed E-state index contributed by atoms with van der Waals surface area (Å²) in [6.45, 7) is 0. The first-order valence-electron chi connectivity index (χ1n) is 16.8. The first-order valence-corrected chi connectivity index (χ1v) is 19.8. The third-order valence-electron chi connectivity index (χ3n) is 10.4. The smallest absolute Gasteiger partial charge is 0.0167 e. The Morgan fingerprint density at radius 3 is 0.974 bits per heavy atom. The number of hydrogen-bond donors (Lipinski definition) is 0. The summed E-state index contributed by atoms with van der Waals surface area (Å²) in [5, 5.41) is 9.00. The highest BCUT2D eigenvalue weighted by atomic mass is 31.1. The minimum atomic E-state index is -0.147. The summed E-state index contributed by atoms with van der Waals surface area (Å²) in [6, 6.07) is 19.0. The molecule has 0 atom stereocenters. The van der Waals surface area contributed by atoms with Crippen LogP contribution in [0.2, 0.25) is 0 Å². The average molecular weight is 561 g/mol. The van der Waals surface area contributed by atoms with Gasteiger partial charge in [0.1, 0.15) is 0 Å². The van der Waals surface area contributed by atoms with Crippen LogP contribution >= 0.6 is 15.8 Å². The fourth-order valence-electron chi connectivity index (χ4n) is 8.50. The topological polar surface area (TPSA) is 14.1 Å². The van der Waals surface area contributed by atoms with Gasteiger partial charge in [-0.05, 0) is 84.6 Å². The predicted molar refractivity (Wildman–Crippen MR) is 176 cm³/mol. The number of nitrogens with zero attached hydrogens (tertiary/aromatic N) is 1. The van der Waals surface area contributed by atoms with Crippen LogP contribution in [0.4, 0.5) is 11.4 Å². The highest BCUT2D eigenvalue weighted by Crippen LogP contribution is 2.59. The molecule has 0 N–H and O–H groups in total. The molecular formula is C36H52NP2-. The molecule has 0 bridgehead atoms. The van der Waals surface area contributed by atoms with Gasteiger partial charge in [-0.2, -0.15) is 0 Å². The molecule has 0 amide bonds. The van der Waals surface area contributed by atoms with Gasteiger partial charge in [0.05, 0.1) is 0 Å². The summed E-state index contributed by atoms with van der Waals surface area (Å²) < 4.78 is 0. The lowest BCUT2D eigenvalue weighted by atomic mass is 9.99. The Labute approximate surface area is 242 Å². The molecule has 3 heteroatoms. The largest absolute Gasteiger partial charge is 0.657 e. The normalized spacial score (nSPS) is 22.9. The molecule has 1 nitrogen and oxygen atoms in total. The predicted octanol–water partition coefficient (Wildman–Crippen LogP) is 11.6. The van der Waals surface area contributed by atoms with E-state index in [-0.39, 0.29) is 15.8 Å². The molecule has 4 saturated carbocycles. The van der Waals surface area contributed by atoms with Crippen LogP contribution in [0.1, 0.15) is 128 Å². The van der Waals surface area contributed by atoms with Crippen molar-refractivity contribution < 1.29 is 0 Å². The second-order valence-corrected chi connectivity index (χ2v) is 18.6. The van der Waals surface area contributed by atoms with E-state index >= 15 is 0 Å². The SMILES string of the molecule is c1ccc(P(C2CCCCC2)C2CCCCC2)c([N-]c2ccccc2P(C2CCCCC2)C2CCCCC2)c1. The molecule has 0 unspecified atom stereocenters. The summed E-state index contributed by atoms with van der Waals surface area (Å²) >= 11 is 0. The van der Waals surface area contributed by atoms with Gasteiger partial charge < -0.3 is 5.32 Å². The second-order valence-electron chi connectivity index (χ2n) is 13.1. The van der Waals surface area contributed by atoms with Crippen LogP contribution in [-0.2, 0) is 0 Å². The van der Waals surface area contributed by atoms with Crippen LogP contribution in [0.3, 0.4) is 0 Å². The molecule has 2 aromatic carbocycles. The number of rotatable bonds is 8. The molecule has 0 aromatic heterocycles. The zero-order valence-electron chi connectivity index (χ0n) is 24.4. The van der Waals surface area contributed by atoms with E-state index in [9.17, 15) is 0 Å². The minimum absolute atomic E-state index is 0.147. The molecule has 2 aromatic rings. The van der Waals surface area contributed by atoms with Crippen molar-refractivity contribution in [1.29, 1.82) is 0 Å². The number of hydrogen-bond acceptors (Lipinski definition) is 0. The highest BCUT2D eigenvalue weighted by Gasteiger charge is 2.34. The van der Waals surface area contributed by atoms with Gasteiger partial charge in [-0.3, -0.25) is 0 Å². The molecule has 212 valence electrons. The zero-order chi connectivity index (χ0) is 26.3. The van der Waals surface area contributed by atoms with Crippen molar-refractivity contribution in [3.63, 3.8) is 0 Å². The van der Waals surface area contributed by atoms with Crippen LogP contribution in [-0.4, -0.2) is 22.6 Å². The van der Waals surface area contributed by atoms with Gasteiger partial charge in [0.15, 0.2) is 0 Å². The van der Waals surface area contributed by atoms with Crippen molar-refractivity contribution in [3.8, 4) is 0 Å². The van der Waals surface area contributed by atoms with E-state index in [2.05, 4.69) is 48.5 Å². The molecule has 0 radical (unpaired) electrons. The Morgan fingerprint density at radius 1 is 0.385 bits per heavy atom. The van der Waals surface area contributed by atoms with Gasteiger partial charge in [0.25, 0.3) is 0 Å². The molecule has 39 heavy (non-hydrogen) atoms. The summed E-state index contributed by atoms with van der Waals surface area (Å²) in [5.41, 5.74) is 6.34. The van der Waals surface area contributed by atoms with Crippen molar-refractivity contribution in [1.82, 2.24) is 0 Å². The van der Waals surface area contributed by atoms with Crippen molar-refractivity contribution in [3.05, 3.63) is 53.8 Å². The van der Waals surface area contributed by atoms with E-state index < -0.39 is 0 Å². The summed E-state index contributed by atoms with van der Waals surface area (Å²) in [6.07, 6.45) is 29.1. The quantitative estimate of drug-likeness (QED) is 0.285. The van der Waals surface area contributed by atoms with Gasteiger partial charge in [-0.1, -0.05) is 141 Å². The monoisotopic (exact) mass is 560 g/mol. The van der Waals surface area contributed by atoms with Gasteiger partial charge in [-0.15, -0.1) is 11.4 Å². The van der Waals surface area contributed by atoms with Crippen LogP contribution in [0.5, 0.6) is 0 Å². The molecule has 4 aliphatic carbocycles. The van der Waals surface area contributed by atoms with Crippen molar-refractivity contribution in [2.45, 2.75) is 151 Å². The Morgan fingerprint density at radius 2 is 0.667 bits per heavy atom. The van der Waals surface area contributed by atoms with Gasteiger partial charge >= 0.3 is 0 Å². The summed E-state index contributed by atoms with van der Waals surface area (Å²) in [5.74, 6) is 0. The zero-order valence-corrected chi connectivity index (χ0v) is 26.2. The third-order valence-corrected chi connectivity index (χ3v) is 17.5. The van der Waals surface area contributed by atoms with Gasteiger partial charge in [0, 0.05) is 0 Å². The van der Waals surface area contributed by atoms with Crippen LogP contribution < -0.4 is 10.6 Å². The van der Waals surface area contributed by atoms with E-state index in [0.717, 1.165) is 22.6 Å². The van der Waals surface area contributed by atoms with E-state index in [4.69, 9.17) is 5.32 Å². The maximum absolute atomic E-state index is 5.69. The lowest BCUT2D eigenvalue weighted by molar-refractivity contribution is 0.487. The van der Waals surface area contributed by atoms with E-state index in [1.165, 1.54) is 140 Å². The van der Waals surface area contributed by atoms with Crippen LogP contribution in [0.15, 0.2) is 48.5 Å². The number of para-hydroxylation sites is 2. The summed E-state index contributed by atoms with van der Waals surface area (Å²) in [4.78, 5) is 0. The molecule has 0 heterocycles. The molecule has 4 aliphatic rings. The van der Waals surface area contributed by atoms with Gasteiger partial charge in [-0.25, -0.2) is 0 Å². The first kappa shape index (κ1) is 28.2. The molecule has 0 spiro atoms. The Balaban J connectivity index is 1.34. The summed E-state index contributed by atoms with van der Waals surface area (Å²) in [7, 11) is -0.294. The Bertz CT molecular complexity index is 895. The fraction of sp³-hybridized carbons (Fsp3) is 0.667. The van der Waals surface area contributed by atoms with Crippen LogP contribution in [0, 0.1) is 0 Å². The maximum atomic E-state index is 5.69. The fourth-order valence-corrected chi connectivity index (χ4v) is 16.3. The Kier molecular flexibility index (Phi) is 10.4. The van der Waals surface area contributed by atoms with E-state index in [1.807, 2.05) is 0 Å². The molecule has 0 aliphatic heterocycles.